The highest BCUT2D eigenvalue weighted by atomic mass is 16.5. The molecule has 2 aliphatic rings. The van der Waals surface area contributed by atoms with Crippen LogP contribution in [0.2, 0.25) is 0 Å². The van der Waals surface area contributed by atoms with Crippen LogP contribution in [0.5, 0.6) is 5.75 Å². The second-order valence-electron chi connectivity index (χ2n) is 7.20. The average Bonchev–Trinajstić information content (AvgIpc) is 3.27. The summed E-state index contributed by atoms with van der Waals surface area (Å²) in [5, 5.41) is 8.09. The van der Waals surface area contributed by atoms with E-state index in [2.05, 4.69) is 34.7 Å². The van der Waals surface area contributed by atoms with Crippen molar-refractivity contribution < 1.29 is 9.47 Å². The lowest BCUT2D eigenvalue weighted by Crippen LogP contribution is -2.38. The van der Waals surface area contributed by atoms with Gasteiger partial charge in [-0.25, -0.2) is 0 Å². The van der Waals surface area contributed by atoms with Crippen molar-refractivity contribution in [3.05, 3.63) is 47.3 Å². The Morgan fingerprint density at radius 1 is 1.28 bits per heavy atom. The molecule has 25 heavy (non-hydrogen) atoms. The van der Waals surface area contributed by atoms with Crippen LogP contribution in [0.25, 0.3) is 0 Å². The predicted molar refractivity (Wildman–Crippen MR) is 96.8 cm³/mol. The molecule has 0 amide bonds. The number of aryl methyl sites for hydroxylation is 2. The van der Waals surface area contributed by atoms with Gasteiger partial charge in [0.2, 0.25) is 0 Å². The topological polar surface area (TPSA) is 48.3 Å². The highest BCUT2D eigenvalue weighted by Crippen LogP contribution is 2.34. The third kappa shape index (κ3) is 3.44. The fourth-order valence-electron chi connectivity index (χ4n) is 4.19. The lowest BCUT2D eigenvalue weighted by atomic mass is 9.87. The number of hydrogen-bond acceptors (Lipinski definition) is 4. The summed E-state index contributed by atoms with van der Waals surface area (Å²) in [5.74, 6) is 1.47. The van der Waals surface area contributed by atoms with Crippen LogP contribution in [-0.4, -0.2) is 36.1 Å². The van der Waals surface area contributed by atoms with Crippen molar-refractivity contribution in [1.82, 2.24) is 15.1 Å². The van der Waals surface area contributed by atoms with Crippen LogP contribution in [0.4, 0.5) is 0 Å². The van der Waals surface area contributed by atoms with Crippen LogP contribution >= 0.6 is 0 Å². The van der Waals surface area contributed by atoms with Gasteiger partial charge in [-0.15, -0.1) is 0 Å². The highest BCUT2D eigenvalue weighted by Gasteiger charge is 2.32. The van der Waals surface area contributed by atoms with Gasteiger partial charge < -0.3 is 14.8 Å². The van der Waals surface area contributed by atoms with Crippen molar-refractivity contribution in [3.63, 3.8) is 0 Å². The summed E-state index contributed by atoms with van der Waals surface area (Å²) in [6.45, 7) is 1.84. The fraction of sp³-hybridized carbons (Fsp3) is 0.550. The summed E-state index contributed by atoms with van der Waals surface area (Å²) in [5.41, 5.74) is 4.08. The standard InChI is InChI=1S/C20H27N3O2/c1-23-19(7-9-22-23)20-15(8-10-25-20)13-21-17-5-3-14-4-6-18(24-2)12-16(14)11-17/h4,6-7,9,12,15,17,20-21H,3,5,8,10-11,13H2,1-2H3/t15-,17-,20+/m0/s1. The first kappa shape index (κ1) is 16.6. The first-order chi connectivity index (χ1) is 12.2. The molecule has 1 N–H and O–H groups in total. The number of rotatable bonds is 5. The van der Waals surface area contributed by atoms with Gasteiger partial charge in [-0.1, -0.05) is 6.07 Å². The first-order valence-corrected chi connectivity index (χ1v) is 9.23. The zero-order valence-electron chi connectivity index (χ0n) is 15.1. The molecule has 1 saturated heterocycles. The van der Waals surface area contributed by atoms with Crippen LogP contribution in [0.3, 0.4) is 0 Å². The minimum Gasteiger partial charge on any atom is -0.497 e. The van der Waals surface area contributed by atoms with E-state index in [1.807, 2.05) is 17.9 Å². The number of nitrogens with one attached hydrogen (secondary N) is 1. The van der Waals surface area contributed by atoms with Crippen LogP contribution in [0.1, 0.15) is 35.8 Å². The Labute approximate surface area is 149 Å². The highest BCUT2D eigenvalue weighted by molar-refractivity contribution is 5.37. The Hall–Kier alpha value is -1.85. The molecule has 5 heteroatoms. The maximum atomic E-state index is 6.00. The zero-order valence-corrected chi connectivity index (χ0v) is 15.1. The zero-order chi connectivity index (χ0) is 17.2. The van der Waals surface area contributed by atoms with Gasteiger partial charge in [0.15, 0.2) is 0 Å². The molecular weight excluding hydrogens is 314 g/mol. The fourth-order valence-corrected chi connectivity index (χ4v) is 4.19. The quantitative estimate of drug-likeness (QED) is 0.908. The van der Waals surface area contributed by atoms with Crippen LogP contribution in [0, 0.1) is 5.92 Å². The molecule has 5 nitrogen and oxygen atoms in total. The summed E-state index contributed by atoms with van der Waals surface area (Å²) in [7, 11) is 3.73. The maximum Gasteiger partial charge on any atom is 0.119 e. The van der Waals surface area contributed by atoms with Crippen LogP contribution < -0.4 is 10.1 Å². The molecule has 2 heterocycles. The molecule has 1 fully saturated rings. The van der Waals surface area contributed by atoms with E-state index in [0.29, 0.717) is 12.0 Å². The van der Waals surface area contributed by atoms with E-state index < -0.39 is 0 Å². The Morgan fingerprint density at radius 2 is 2.20 bits per heavy atom. The predicted octanol–water partition coefficient (Wildman–Crippen LogP) is 2.65. The van der Waals surface area contributed by atoms with Gasteiger partial charge in [-0.05, 0) is 55.0 Å². The van der Waals surface area contributed by atoms with Crippen molar-refractivity contribution >= 4 is 0 Å². The molecule has 0 spiro atoms. The van der Waals surface area contributed by atoms with Gasteiger partial charge in [0.1, 0.15) is 11.9 Å². The number of hydrogen-bond donors (Lipinski definition) is 1. The summed E-state index contributed by atoms with van der Waals surface area (Å²) in [6, 6.07) is 9.09. The molecule has 1 aliphatic heterocycles. The molecule has 1 aliphatic carbocycles. The van der Waals surface area contributed by atoms with Crippen molar-refractivity contribution in [2.45, 2.75) is 37.8 Å². The van der Waals surface area contributed by atoms with E-state index >= 15 is 0 Å². The first-order valence-electron chi connectivity index (χ1n) is 9.23. The summed E-state index contributed by atoms with van der Waals surface area (Å²) in [4.78, 5) is 0. The van der Waals surface area contributed by atoms with Crippen molar-refractivity contribution in [3.8, 4) is 5.75 Å². The van der Waals surface area contributed by atoms with Crippen molar-refractivity contribution in [2.75, 3.05) is 20.3 Å². The molecule has 0 bridgehead atoms. The lowest BCUT2D eigenvalue weighted by Gasteiger charge is -2.28. The van der Waals surface area contributed by atoms with Gasteiger partial charge in [0.05, 0.1) is 12.8 Å². The van der Waals surface area contributed by atoms with Crippen LogP contribution in [-0.2, 0) is 24.6 Å². The number of ether oxygens (including phenoxy) is 2. The van der Waals surface area contributed by atoms with Gasteiger partial charge in [0.25, 0.3) is 0 Å². The molecule has 4 rings (SSSR count). The van der Waals surface area contributed by atoms with Gasteiger partial charge >= 0.3 is 0 Å². The third-order valence-electron chi connectivity index (χ3n) is 5.68. The summed E-state index contributed by atoms with van der Waals surface area (Å²) < 4.78 is 13.3. The SMILES string of the molecule is COc1ccc2c(c1)C[C@@H](NC[C@@H]1CCO[C@H]1c1ccnn1C)CC2. The number of benzene rings is 1. The Kier molecular flexibility index (Phi) is 4.77. The molecule has 3 atom stereocenters. The summed E-state index contributed by atoms with van der Waals surface area (Å²) in [6.07, 6.45) is 6.55. The van der Waals surface area contributed by atoms with E-state index in [1.54, 1.807) is 7.11 Å². The molecule has 0 radical (unpaired) electrons. The van der Waals surface area contributed by atoms with Gasteiger partial charge in [0, 0.05) is 38.4 Å². The third-order valence-corrected chi connectivity index (χ3v) is 5.68. The van der Waals surface area contributed by atoms with Crippen molar-refractivity contribution in [2.24, 2.45) is 13.0 Å². The number of aromatic nitrogens is 2. The average molecular weight is 341 g/mol. The number of fused-ring (bicyclic) bond motifs is 1. The second kappa shape index (κ2) is 7.18. The minimum atomic E-state index is 0.163. The summed E-state index contributed by atoms with van der Waals surface area (Å²) >= 11 is 0. The molecule has 1 aromatic heterocycles. The van der Waals surface area contributed by atoms with E-state index in [0.717, 1.165) is 38.2 Å². The Bertz CT molecular complexity index is 727. The van der Waals surface area contributed by atoms with E-state index in [9.17, 15) is 0 Å². The molecular formula is C20H27N3O2. The monoisotopic (exact) mass is 341 g/mol. The van der Waals surface area contributed by atoms with E-state index in [1.165, 1.54) is 23.2 Å². The number of methoxy groups -OCH3 is 1. The van der Waals surface area contributed by atoms with E-state index in [4.69, 9.17) is 9.47 Å². The van der Waals surface area contributed by atoms with Crippen molar-refractivity contribution in [1.29, 1.82) is 0 Å². The minimum absolute atomic E-state index is 0.163. The lowest BCUT2D eigenvalue weighted by molar-refractivity contribution is 0.0830. The van der Waals surface area contributed by atoms with Gasteiger partial charge in [-0.2, -0.15) is 5.10 Å². The molecule has 0 unspecified atom stereocenters. The second-order valence-corrected chi connectivity index (χ2v) is 7.20. The largest absolute Gasteiger partial charge is 0.497 e. The Morgan fingerprint density at radius 3 is 3.00 bits per heavy atom. The normalized spacial score (nSPS) is 25.8. The van der Waals surface area contributed by atoms with Gasteiger partial charge in [-0.3, -0.25) is 4.68 Å². The van der Waals surface area contributed by atoms with Crippen LogP contribution in [0.15, 0.2) is 30.5 Å². The maximum absolute atomic E-state index is 6.00. The molecule has 134 valence electrons. The smallest absolute Gasteiger partial charge is 0.119 e. The number of nitrogens with zero attached hydrogens (tertiary/aromatic N) is 2. The molecule has 2 aromatic rings. The molecule has 0 saturated carbocycles. The van der Waals surface area contributed by atoms with E-state index in [-0.39, 0.29) is 6.10 Å². The Balaban J connectivity index is 1.37. The molecule has 1 aromatic carbocycles.